The van der Waals surface area contributed by atoms with Gasteiger partial charge < -0.3 is 10.6 Å². The number of carbonyl (C=O) groups excluding carboxylic acids is 3. The van der Waals surface area contributed by atoms with E-state index in [-0.39, 0.29) is 12.3 Å². The van der Waals surface area contributed by atoms with Crippen molar-refractivity contribution in [3.63, 3.8) is 0 Å². The minimum Gasteiger partial charge on any atom is -0.325 e. The minimum absolute atomic E-state index is 0.0179. The summed E-state index contributed by atoms with van der Waals surface area (Å²) in [5.41, 5.74) is 7.60. The predicted octanol–water partition coefficient (Wildman–Crippen LogP) is 3.59. The molecule has 1 aliphatic carbocycles. The average Bonchev–Trinajstić information content (AvgIpc) is 2.78. The van der Waals surface area contributed by atoms with E-state index in [4.69, 9.17) is 0 Å². The van der Waals surface area contributed by atoms with Crippen LogP contribution in [0.1, 0.15) is 49.8 Å². The van der Waals surface area contributed by atoms with Gasteiger partial charge in [-0.25, -0.2) is 5.43 Å². The van der Waals surface area contributed by atoms with Crippen molar-refractivity contribution in [2.45, 2.75) is 52.4 Å². The summed E-state index contributed by atoms with van der Waals surface area (Å²) >= 11 is 0. The van der Waals surface area contributed by atoms with Crippen molar-refractivity contribution in [2.24, 2.45) is 5.10 Å². The second kappa shape index (κ2) is 10.5. The van der Waals surface area contributed by atoms with Crippen molar-refractivity contribution in [3.05, 3.63) is 59.2 Å². The summed E-state index contributed by atoms with van der Waals surface area (Å²) in [6.07, 6.45) is 5.21. The molecule has 0 radical (unpaired) electrons. The van der Waals surface area contributed by atoms with Crippen LogP contribution in [0.5, 0.6) is 0 Å². The SMILES string of the molecule is CCc1ccc(NC(=O)C(=O)NN=C(C)CC(=O)Nc2cccc3c2CCCC3)cc1. The quantitative estimate of drug-likeness (QED) is 0.378. The standard InChI is InChI=1S/C24H28N4O3/c1-3-17-11-13-19(14-12-17)25-23(30)24(31)28-27-16(2)15-22(29)26-21-10-6-8-18-7-4-5-9-20(18)21/h6,8,10-14H,3-5,7,9,15H2,1-2H3,(H,25,30)(H,26,29)(H,28,31). The van der Waals surface area contributed by atoms with Gasteiger partial charge in [-0.1, -0.05) is 31.2 Å². The third kappa shape index (κ3) is 6.25. The Morgan fingerprint density at radius 1 is 0.935 bits per heavy atom. The van der Waals surface area contributed by atoms with Crippen LogP contribution in [0.4, 0.5) is 11.4 Å². The van der Waals surface area contributed by atoms with E-state index in [0.29, 0.717) is 11.4 Å². The van der Waals surface area contributed by atoms with E-state index in [1.165, 1.54) is 17.5 Å². The number of fused-ring (bicyclic) bond motifs is 1. The summed E-state index contributed by atoms with van der Waals surface area (Å²) in [5, 5.41) is 9.34. The molecule has 3 N–H and O–H groups in total. The zero-order valence-corrected chi connectivity index (χ0v) is 18.0. The number of nitrogens with one attached hydrogen (secondary N) is 3. The van der Waals surface area contributed by atoms with Gasteiger partial charge in [-0.15, -0.1) is 0 Å². The van der Waals surface area contributed by atoms with E-state index < -0.39 is 11.8 Å². The molecule has 0 unspecified atom stereocenters. The summed E-state index contributed by atoms with van der Waals surface area (Å²) < 4.78 is 0. The van der Waals surface area contributed by atoms with E-state index in [2.05, 4.69) is 27.2 Å². The number of amides is 3. The first kappa shape index (κ1) is 22.2. The fourth-order valence-electron chi connectivity index (χ4n) is 3.57. The third-order valence-electron chi connectivity index (χ3n) is 5.26. The van der Waals surface area contributed by atoms with Crippen LogP contribution in [0, 0.1) is 0 Å². The normalized spacial score (nSPS) is 13.2. The van der Waals surface area contributed by atoms with E-state index >= 15 is 0 Å². The summed E-state index contributed by atoms with van der Waals surface area (Å²) in [6.45, 7) is 3.66. The largest absolute Gasteiger partial charge is 0.329 e. The van der Waals surface area contributed by atoms with Gasteiger partial charge in [0.15, 0.2) is 0 Å². The molecule has 31 heavy (non-hydrogen) atoms. The molecule has 162 valence electrons. The summed E-state index contributed by atoms with van der Waals surface area (Å²) in [4.78, 5) is 36.4. The smallest absolute Gasteiger partial charge is 0.325 e. The fraction of sp³-hybridized carbons (Fsp3) is 0.333. The molecule has 0 fully saturated rings. The highest BCUT2D eigenvalue weighted by molar-refractivity contribution is 6.39. The first-order valence-corrected chi connectivity index (χ1v) is 10.6. The molecule has 0 heterocycles. The van der Waals surface area contributed by atoms with Crippen molar-refractivity contribution < 1.29 is 14.4 Å². The van der Waals surface area contributed by atoms with Crippen molar-refractivity contribution in [1.29, 1.82) is 0 Å². The summed E-state index contributed by atoms with van der Waals surface area (Å²) in [6, 6.07) is 13.2. The molecule has 7 nitrogen and oxygen atoms in total. The number of hydrogen-bond donors (Lipinski definition) is 3. The second-order valence-corrected chi connectivity index (χ2v) is 7.67. The Morgan fingerprint density at radius 3 is 2.42 bits per heavy atom. The van der Waals surface area contributed by atoms with Gasteiger partial charge in [0.2, 0.25) is 5.91 Å². The van der Waals surface area contributed by atoms with Gasteiger partial charge >= 0.3 is 11.8 Å². The Bertz CT molecular complexity index is 996. The van der Waals surface area contributed by atoms with Gasteiger partial charge in [-0.2, -0.15) is 5.10 Å². The number of rotatable bonds is 6. The molecule has 0 aliphatic heterocycles. The molecule has 0 saturated carbocycles. The molecule has 0 atom stereocenters. The molecule has 0 aromatic heterocycles. The fourth-order valence-corrected chi connectivity index (χ4v) is 3.57. The lowest BCUT2D eigenvalue weighted by molar-refractivity contribution is -0.136. The predicted molar refractivity (Wildman–Crippen MR) is 122 cm³/mol. The number of hydrazone groups is 1. The van der Waals surface area contributed by atoms with Crippen LogP contribution in [-0.2, 0) is 33.6 Å². The Kier molecular flexibility index (Phi) is 7.54. The lowest BCUT2D eigenvalue weighted by atomic mass is 9.90. The maximum Gasteiger partial charge on any atom is 0.329 e. The van der Waals surface area contributed by atoms with Crippen molar-refractivity contribution >= 4 is 34.8 Å². The molecule has 0 saturated heterocycles. The van der Waals surface area contributed by atoms with Gasteiger partial charge in [0, 0.05) is 17.1 Å². The van der Waals surface area contributed by atoms with Gasteiger partial charge in [0.1, 0.15) is 0 Å². The number of benzene rings is 2. The van der Waals surface area contributed by atoms with Crippen LogP contribution in [0.15, 0.2) is 47.6 Å². The summed E-state index contributed by atoms with van der Waals surface area (Å²) in [5.74, 6) is -1.92. The molecule has 0 spiro atoms. The molecule has 2 aromatic rings. The highest BCUT2D eigenvalue weighted by atomic mass is 16.2. The number of anilines is 2. The maximum atomic E-state index is 12.4. The number of aryl methyl sites for hydroxylation is 2. The molecule has 3 rings (SSSR count). The minimum atomic E-state index is -0.892. The lowest BCUT2D eigenvalue weighted by Gasteiger charge is -2.19. The zero-order valence-electron chi connectivity index (χ0n) is 18.0. The van der Waals surface area contributed by atoms with Gasteiger partial charge in [0.25, 0.3) is 0 Å². The average molecular weight is 421 g/mol. The van der Waals surface area contributed by atoms with E-state index in [0.717, 1.165) is 36.9 Å². The first-order chi connectivity index (χ1) is 15.0. The molecule has 7 heteroatoms. The van der Waals surface area contributed by atoms with E-state index in [1.807, 2.05) is 31.2 Å². The molecule has 0 bridgehead atoms. The molecule has 1 aliphatic rings. The van der Waals surface area contributed by atoms with Crippen LogP contribution in [0.3, 0.4) is 0 Å². The lowest BCUT2D eigenvalue weighted by Crippen LogP contribution is -2.33. The number of carbonyl (C=O) groups is 3. The van der Waals surface area contributed by atoms with Gasteiger partial charge in [-0.3, -0.25) is 14.4 Å². The first-order valence-electron chi connectivity index (χ1n) is 10.6. The van der Waals surface area contributed by atoms with Gasteiger partial charge in [-0.05, 0) is 73.9 Å². The number of nitrogens with zero attached hydrogens (tertiary/aromatic N) is 1. The zero-order chi connectivity index (χ0) is 22.2. The monoisotopic (exact) mass is 420 g/mol. The molecule has 2 aromatic carbocycles. The maximum absolute atomic E-state index is 12.4. The van der Waals surface area contributed by atoms with Gasteiger partial charge in [0.05, 0.1) is 6.42 Å². The van der Waals surface area contributed by atoms with Crippen LogP contribution in [0.2, 0.25) is 0 Å². The molecular weight excluding hydrogens is 392 g/mol. The number of hydrogen-bond acceptors (Lipinski definition) is 4. The Labute approximate surface area is 182 Å². The summed E-state index contributed by atoms with van der Waals surface area (Å²) in [7, 11) is 0. The van der Waals surface area contributed by atoms with Crippen molar-refractivity contribution in [3.8, 4) is 0 Å². The third-order valence-corrected chi connectivity index (χ3v) is 5.26. The van der Waals surface area contributed by atoms with Crippen LogP contribution >= 0.6 is 0 Å². The van der Waals surface area contributed by atoms with Crippen molar-refractivity contribution in [2.75, 3.05) is 10.6 Å². The Balaban J connectivity index is 1.50. The van der Waals surface area contributed by atoms with Crippen LogP contribution in [-0.4, -0.2) is 23.4 Å². The van der Waals surface area contributed by atoms with E-state index in [1.54, 1.807) is 19.1 Å². The molecule has 3 amide bonds. The Morgan fingerprint density at radius 2 is 1.68 bits per heavy atom. The van der Waals surface area contributed by atoms with E-state index in [9.17, 15) is 14.4 Å². The highest BCUT2D eigenvalue weighted by Gasteiger charge is 2.16. The molecular formula is C24H28N4O3. The van der Waals surface area contributed by atoms with Crippen molar-refractivity contribution in [1.82, 2.24) is 5.43 Å². The second-order valence-electron chi connectivity index (χ2n) is 7.67. The van der Waals surface area contributed by atoms with Crippen LogP contribution in [0.25, 0.3) is 0 Å². The topological polar surface area (TPSA) is 99.7 Å². The highest BCUT2D eigenvalue weighted by Crippen LogP contribution is 2.27. The van der Waals surface area contributed by atoms with Crippen LogP contribution < -0.4 is 16.1 Å². The Hall–Kier alpha value is -3.48.